The number of ether oxygens (including phenoxy) is 1. The number of likely N-dealkylation sites (N-methyl/N-ethyl adjacent to an activating group) is 1. The summed E-state index contributed by atoms with van der Waals surface area (Å²) in [6.45, 7) is 10.0. The summed E-state index contributed by atoms with van der Waals surface area (Å²) in [5.41, 5.74) is 2.94. The normalized spacial score (nSPS) is 13.2. The first-order valence-corrected chi connectivity index (χ1v) is 10.8. The molecule has 0 spiro atoms. The lowest BCUT2D eigenvalue weighted by Crippen LogP contribution is -2.30. The van der Waals surface area contributed by atoms with Gasteiger partial charge in [-0.05, 0) is 48.8 Å². The van der Waals surface area contributed by atoms with E-state index in [0.29, 0.717) is 13.0 Å². The van der Waals surface area contributed by atoms with Crippen LogP contribution in [0.1, 0.15) is 36.1 Å². The quantitative estimate of drug-likeness (QED) is 0.505. The lowest BCUT2D eigenvalue weighted by molar-refractivity contribution is 0.0810. The van der Waals surface area contributed by atoms with E-state index in [2.05, 4.69) is 49.9 Å². The molecule has 0 saturated heterocycles. The number of benzene rings is 3. The molecule has 1 unspecified atom stereocenters. The van der Waals surface area contributed by atoms with E-state index >= 15 is 0 Å². The zero-order valence-electron chi connectivity index (χ0n) is 18.3. The van der Waals surface area contributed by atoms with Gasteiger partial charge in [0.25, 0.3) is 0 Å². The molecule has 0 amide bonds. The van der Waals surface area contributed by atoms with Crippen LogP contribution in [-0.4, -0.2) is 36.2 Å². The summed E-state index contributed by atoms with van der Waals surface area (Å²) in [7, 11) is 0. The van der Waals surface area contributed by atoms with Crippen LogP contribution >= 0.6 is 0 Å². The largest absolute Gasteiger partial charge is 0.492 e. The molecule has 1 atom stereocenters. The van der Waals surface area contributed by atoms with Gasteiger partial charge < -0.3 is 14.7 Å². The molecule has 30 heavy (non-hydrogen) atoms. The van der Waals surface area contributed by atoms with Crippen LogP contribution in [-0.2, 0) is 12.0 Å². The SMILES string of the molecule is CCN(CC)CCOc1ccc(C(O)(Cc2ccccc2)c2ccc(C)cc2)cc1. The fourth-order valence-corrected chi connectivity index (χ4v) is 3.75. The van der Waals surface area contributed by atoms with Crippen LogP contribution in [0.4, 0.5) is 0 Å². The lowest BCUT2D eigenvalue weighted by Gasteiger charge is -2.30. The summed E-state index contributed by atoms with van der Waals surface area (Å²) in [6.07, 6.45) is 0.513. The van der Waals surface area contributed by atoms with Crippen LogP contribution in [0.3, 0.4) is 0 Å². The van der Waals surface area contributed by atoms with E-state index in [4.69, 9.17) is 4.74 Å². The van der Waals surface area contributed by atoms with Crippen LogP contribution in [0.2, 0.25) is 0 Å². The third-order valence-corrected chi connectivity index (χ3v) is 5.73. The third kappa shape index (κ3) is 5.50. The second-order valence-electron chi connectivity index (χ2n) is 7.79. The van der Waals surface area contributed by atoms with Crippen molar-refractivity contribution in [3.63, 3.8) is 0 Å². The molecule has 0 aliphatic heterocycles. The summed E-state index contributed by atoms with van der Waals surface area (Å²) < 4.78 is 5.92. The van der Waals surface area contributed by atoms with E-state index in [-0.39, 0.29) is 0 Å². The van der Waals surface area contributed by atoms with Crippen molar-refractivity contribution in [3.8, 4) is 5.75 Å². The second kappa shape index (κ2) is 10.4. The number of rotatable bonds is 10. The van der Waals surface area contributed by atoms with Crippen LogP contribution in [0, 0.1) is 6.92 Å². The van der Waals surface area contributed by atoms with Gasteiger partial charge in [0.1, 0.15) is 18.0 Å². The smallest absolute Gasteiger partial charge is 0.119 e. The Hall–Kier alpha value is -2.62. The fourth-order valence-electron chi connectivity index (χ4n) is 3.75. The number of hydrogen-bond acceptors (Lipinski definition) is 3. The Bertz CT molecular complexity index is 886. The minimum absolute atomic E-state index is 0.513. The zero-order chi connectivity index (χ0) is 21.4. The molecule has 0 aromatic heterocycles. The predicted octanol–water partition coefficient (Wildman–Crippen LogP) is 5.19. The Balaban J connectivity index is 1.82. The molecule has 3 aromatic carbocycles. The Morgan fingerprint density at radius 1 is 0.800 bits per heavy atom. The average Bonchev–Trinajstić information content (AvgIpc) is 2.78. The maximum Gasteiger partial charge on any atom is 0.119 e. The first-order valence-electron chi connectivity index (χ1n) is 10.8. The maximum atomic E-state index is 11.9. The first-order chi connectivity index (χ1) is 14.5. The van der Waals surface area contributed by atoms with E-state index in [0.717, 1.165) is 42.1 Å². The summed E-state index contributed by atoms with van der Waals surface area (Å²) in [5, 5.41) is 11.9. The van der Waals surface area contributed by atoms with E-state index in [1.807, 2.05) is 54.6 Å². The van der Waals surface area contributed by atoms with Gasteiger partial charge in [0.2, 0.25) is 0 Å². The van der Waals surface area contributed by atoms with Crippen LogP contribution in [0.25, 0.3) is 0 Å². The monoisotopic (exact) mass is 403 g/mol. The molecule has 0 radical (unpaired) electrons. The summed E-state index contributed by atoms with van der Waals surface area (Å²) in [6, 6.07) is 26.2. The van der Waals surface area contributed by atoms with Crippen LogP contribution in [0.15, 0.2) is 78.9 Å². The van der Waals surface area contributed by atoms with Crippen molar-refractivity contribution in [2.45, 2.75) is 32.8 Å². The van der Waals surface area contributed by atoms with Gasteiger partial charge in [0, 0.05) is 13.0 Å². The molecule has 158 valence electrons. The van der Waals surface area contributed by atoms with E-state index in [1.54, 1.807) is 0 Å². The molecule has 0 bridgehead atoms. The van der Waals surface area contributed by atoms with E-state index in [1.165, 1.54) is 5.56 Å². The van der Waals surface area contributed by atoms with Gasteiger partial charge in [0.05, 0.1) is 0 Å². The van der Waals surface area contributed by atoms with Gasteiger partial charge >= 0.3 is 0 Å². The molecule has 0 heterocycles. The van der Waals surface area contributed by atoms with Crippen molar-refractivity contribution in [2.75, 3.05) is 26.2 Å². The highest BCUT2D eigenvalue weighted by atomic mass is 16.5. The molecular formula is C27H33NO2. The molecule has 0 aliphatic rings. The molecule has 1 N–H and O–H groups in total. The predicted molar refractivity (Wildman–Crippen MR) is 124 cm³/mol. The summed E-state index contributed by atoms with van der Waals surface area (Å²) in [5.74, 6) is 0.830. The molecule has 3 aromatic rings. The maximum absolute atomic E-state index is 11.9. The van der Waals surface area contributed by atoms with Gasteiger partial charge in [0.15, 0.2) is 0 Å². The lowest BCUT2D eigenvalue weighted by atomic mass is 9.81. The van der Waals surface area contributed by atoms with Gasteiger partial charge in [-0.1, -0.05) is 86.1 Å². The van der Waals surface area contributed by atoms with Crippen molar-refractivity contribution in [3.05, 3.63) is 101 Å². The number of nitrogens with zero attached hydrogens (tertiary/aromatic N) is 1. The molecule has 0 aliphatic carbocycles. The van der Waals surface area contributed by atoms with Crippen molar-refractivity contribution < 1.29 is 9.84 Å². The Labute approximate surface area is 180 Å². The number of hydrogen-bond donors (Lipinski definition) is 1. The minimum atomic E-state index is -1.10. The minimum Gasteiger partial charge on any atom is -0.492 e. The molecule has 3 heteroatoms. The first kappa shape index (κ1) is 22.1. The Kier molecular flexibility index (Phi) is 7.67. The zero-order valence-corrected chi connectivity index (χ0v) is 18.3. The highest BCUT2D eigenvalue weighted by molar-refractivity contribution is 5.41. The van der Waals surface area contributed by atoms with Gasteiger partial charge in [-0.3, -0.25) is 0 Å². The molecule has 0 fully saturated rings. The standard InChI is InChI=1S/C27H33NO2/c1-4-28(5-2)19-20-30-26-17-15-25(16-18-26)27(29,21-23-9-7-6-8-10-23)24-13-11-22(3)12-14-24/h6-18,29H,4-5,19-21H2,1-3H3. The summed E-state index contributed by atoms with van der Waals surface area (Å²) in [4.78, 5) is 2.34. The van der Waals surface area contributed by atoms with Crippen molar-refractivity contribution >= 4 is 0 Å². The molecular weight excluding hydrogens is 370 g/mol. The van der Waals surface area contributed by atoms with Crippen LogP contribution < -0.4 is 4.74 Å². The number of aryl methyl sites for hydroxylation is 1. The molecule has 0 saturated carbocycles. The highest BCUT2D eigenvalue weighted by Crippen LogP contribution is 2.34. The highest BCUT2D eigenvalue weighted by Gasteiger charge is 2.32. The summed E-state index contributed by atoms with van der Waals surface area (Å²) >= 11 is 0. The van der Waals surface area contributed by atoms with Gasteiger partial charge in [-0.2, -0.15) is 0 Å². The molecule has 3 nitrogen and oxygen atoms in total. The average molecular weight is 404 g/mol. The van der Waals surface area contributed by atoms with Crippen LogP contribution in [0.5, 0.6) is 5.75 Å². The molecule has 3 rings (SSSR count). The number of aliphatic hydroxyl groups is 1. The third-order valence-electron chi connectivity index (χ3n) is 5.73. The second-order valence-corrected chi connectivity index (χ2v) is 7.79. The Morgan fingerprint density at radius 3 is 1.93 bits per heavy atom. The van der Waals surface area contributed by atoms with Crippen molar-refractivity contribution in [1.82, 2.24) is 4.90 Å². The Morgan fingerprint density at radius 2 is 1.37 bits per heavy atom. The van der Waals surface area contributed by atoms with E-state index < -0.39 is 5.60 Å². The van der Waals surface area contributed by atoms with Crippen molar-refractivity contribution in [2.24, 2.45) is 0 Å². The van der Waals surface area contributed by atoms with Crippen molar-refractivity contribution in [1.29, 1.82) is 0 Å². The van der Waals surface area contributed by atoms with Gasteiger partial charge in [-0.15, -0.1) is 0 Å². The van der Waals surface area contributed by atoms with Gasteiger partial charge in [-0.25, -0.2) is 0 Å². The van der Waals surface area contributed by atoms with E-state index in [9.17, 15) is 5.11 Å². The topological polar surface area (TPSA) is 32.7 Å². The fraction of sp³-hybridized carbons (Fsp3) is 0.333.